The normalized spacial score (nSPS) is 14.6. The summed E-state index contributed by atoms with van der Waals surface area (Å²) < 4.78 is 13.4. The van der Waals surface area contributed by atoms with Crippen LogP contribution in [-0.4, -0.2) is 6.54 Å². The molecule has 1 aliphatic rings. The predicted molar refractivity (Wildman–Crippen MR) is 51.2 cm³/mol. The highest BCUT2D eigenvalue weighted by Crippen LogP contribution is 2.24. The van der Waals surface area contributed by atoms with Crippen LogP contribution in [0.5, 0.6) is 0 Å². The lowest BCUT2D eigenvalue weighted by atomic mass is 10.0. The van der Waals surface area contributed by atoms with Crippen molar-refractivity contribution in [1.29, 1.82) is 0 Å². The second-order valence-electron chi connectivity index (χ2n) is 3.60. The Morgan fingerprint density at radius 3 is 2.62 bits per heavy atom. The van der Waals surface area contributed by atoms with Gasteiger partial charge in [-0.2, -0.15) is 0 Å². The van der Waals surface area contributed by atoms with Gasteiger partial charge in [-0.15, -0.1) is 0 Å². The quantitative estimate of drug-likeness (QED) is 0.736. The summed E-state index contributed by atoms with van der Waals surface area (Å²) in [4.78, 5) is 0. The third kappa shape index (κ3) is 1.59. The van der Waals surface area contributed by atoms with Crippen LogP contribution < -0.4 is 5.73 Å². The zero-order valence-corrected chi connectivity index (χ0v) is 7.65. The topological polar surface area (TPSA) is 26.0 Å². The lowest BCUT2D eigenvalue weighted by Gasteiger charge is -2.05. The second-order valence-corrected chi connectivity index (χ2v) is 3.60. The first-order chi connectivity index (χ1) is 6.31. The number of hydrogen-bond acceptors (Lipinski definition) is 1. The Morgan fingerprint density at radius 2 is 1.92 bits per heavy atom. The zero-order chi connectivity index (χ0) is 9.26. The smallest absolute Gasteiger partial charge is 0.126 e. The van der Waals surface area contributed by atoms with Crippen molar-refractivity contribution >= 4 is 0 Å². The van der Waals surface area contributed by atoms with Gasteiger partial charge < -0.3 is 5.73 Å². The fraction of sp³-hybridized carbons (Fsp3) is 0.455. The highest BCUT2D eigenvalue weighted by molar-refractivity contribution is 5.36. The van der Waals surface area contributed by atoms with E-state index < -0.39 is 0 Å². The summed E-state index contributed by atoms with van der Waals surface area (Å²) in [5, 5.41) is 0. The molecule has 70 valence electrons. The maximum Gasteiger partial charge on any atom is 0.126 e. The molecule has 0 saturated heterocycles. The molecule has 13 heavy (non-hydrogen) atoms. The average Bonchev–Trinajstić information content (AvgIpc) is 2.52. The summed E-state index contributed by atoms with van der Waals surface area (Å²) in [6.07, 6.45) is 3.96. The minimum Gasteiger partial charge on any atom is -0.330 e. The molecule has 1 aliphatic carbocycles. The van der Waals surface area contributed by atoms with E-state index in [1.54, 1.807) is 6.07 Å². The Balaban J connectivity index is 2.37. The highest BCUT2D eigenvalue weighted by atomic mass is 19.1. The standard InChI is InChI=1S/C11H14FN/c12-11-7-9-3-1-2-8(9)6-10(11)4-5-13/h6-7H,1-5,13H2. The molecule has 0 amide bonds. The van der Waals surface area contributed by atoms with Crippen molar-refractivity contribution in [2.24, 2.45) is 5.73 Å². The Labute approximate surface area is 77.8 Å². The van der Waals surface area contributed by atoms with Crippen molar-refractivity contribution in [3.05, 3.63) is 34.6 Å². The summed E-state index contributed by atoms with van der Waals surface area (Å²) >= 11 is 0. The molecular weight excluding hydrogens is 165 g/mol. The van der Waals surface area contributed by atoms with Gasteiger partial charge in [-0.25, -0.2) is 4.39 Å². The molecule has 0 saturated carbocycles. The number of fused-ring (bicyclic) bond motifs is 1. The molecule has 2 heteroatoms. The van der Waals surface area contributed by atoms with Crippen molar-refractivity contribution in [1.82, 2.24) is 0 Å². The van der Waals surface area contributed by atoms with Crippen LogP contribution in [0.4, 0.5) is 4.39 Å². The SMILES string of the molecule is NCCc1cc2c(cc1F)CCC2. The Kier molecular flexibility index (Phi) is 2.32. The van der Waals surface area contributed by atoms with Crippen LogP contribution >= 0.6 is 0 Å². The van der Waals surface area contributed by atoms with E-state index in [-0.39, 0.29) is 5.82 Å². The fourth-order valence-electron chi connectivity index (χ4n) is 1.99. The van der Waals surface area contributed by atoms with Gasteiger partial charge in [-0.1, -0.05) is 6.07 Å². The summed E-state index contributed by atoms with van der Waals surface area (Å²) in [6, 6.07) is 3.68. The average molecular weight is 179 g/mol. The summed E-state index contributed by atoms with van der Waals surface area (Å²) in [5.41, 5.74) is 8.71. The van der Waals surface area contributed by atoms with Crippen molar-refractivity contribution in [2.45, 2.75) is 25.7 Å². The molecule has 0 heterocycles. The van der Waals surface area contributed by atoms with Crippen molar-refractivity contribution < 1.29 is 4.39 Å². The Morgan fingerprint density at radius 1 is 1.23 bits per heavy atom. The van der Waals surface area contributed by atoms with Gasteiger partial charge in [0, 0.05) is 0 Å². The van der Waals surface area contributed by atoms with Gasteiger partial charge in [0.25, 0.3) is 0 Å². The van der Waals surface area contributed by atoms with Gasteiger partial charge in [0.2, 0.25) is 0 Å². The number of hydrogen-bond donors (Lipinski definition) is 1. The minimum absolute atomic E-state index is 0.0777. The third-order valence-electron chi connectivity index (χ3n) is 2.67. The van der Waals surface area contributed by atoms with Crippen LogP contribution in [0, 0.1) is 5.82 Å². The lowest BCUT2D eigenvalue weighted by Crippen LogP contribution is -2.05. The van der Waals surface area contributed by atoms with Crippen LogP contribution in [-0.2, 0) is 19.3 Å². The van der Waals surface area contributed by atoms with Gasteiger partial charge in [-0.3, -0.25) is 0 Å². The number of benzene rings is 1. The molecule has 1 aromatic carbocycles. The fourth-order valence-corrected chi connectivity index (χ4v) is 1.99. The molecule has 2 rings (SSSR count). The van der Waals surface area contributed by atoms with Gasteiger partial charge in [0.05, 0.1) is 0 Å². The molecule has 0 aliphatic heterocycles. The molecule has 0 atom stereocenters. The van der Waals surface area contributed by atoms with Crippen LogP contribution in [0.2, 0.25) is 0 Å². The van der Waals surface area contributed by atoms with E-state index in [0.29, 0.717) is 13.0 Å². The lowest BCUT2D eigenvalue weighted by molar-refractivity contribution is 0.607. The summed E-state index contributed by atoms with van der Waals surface area (Å²) in [5.74, 6) is -0.0777. The number of halogens is 1. The molecule has 0 fully saturated rings. The number of nitrogens with two attached hydrogens (primary N) is 1. The monoisotopic (exact) mass is 179 g/mol. The van der Waals surface area contributed by atoms with Gasteiger partial charge in [-0.05, 0) is 55.0 Å². The Bertz CT molecular complexity index is 320. The molecule has 0 aromatic heterocycles. The van der Waals surface area contributed by atoms with Gasteiger partial charge >= 0.3 is 0 Å². The largest absolute Gasteiger partial charge is 0.330 e. The van der Waals surface area contributed by atoms with Gasteiger partial charge in [0.15, 0.2) is 0 Å². The summed E-state index contributed by atoms with van der Waals surface area (Å²) in [7, 11) is 0. The van der Waals surface area contributed by atoms with Crippen LogP contribution in [0.1, 0.15) is 23.1 Å². The maximum absolute atomic E-state index is 13.4. The summed E-state index contributed by atoms with van der Waals surface area (Å²) in [6.45, 7) is 0.524. The molecule has 0 spiro atoms. The first-order valence-electron chi connectivity index (χ1n) is 4.81. The van der Waals surface area contributed by atoms with Crippen LogP contribution in [0.25, 0.3) is 0 Å². The highest BCUT2D eigenvalue weighted by Gasteiger charge is 2.13. The van der Waals surface area contributed by atoms with E-state index in [1.165, 1.54) is 17.5 Å². The first-order valence-corrected chi connectivity index (χ1v) is 4.81. The number of rotatable bonds is 2. The van der Waals surface area contributed by atoms with E-state index in [0.717, 1.165) is 18.4 Å². The molecule has 1 aromatic rings. The second kappa shape index (κ2) is 3.46. The molecular formula is C11H14FN. The third-order valence-corrected chi connectivity index (χ3v) is 2.67. The first kappa shape index (κ1) is 8.70. The van der Waals surface area contributed by atoms with E-state index in [1.807, 2.05) is 6.07 Å². The van der Waals surface area contributed by atoms with Crippen molar-refractivity contribution in [2.75, 3.05) is 6.54 Å². The molecule has 0 unspecified atom stereocenters. The molecule has 1 nitrogen and oxygen atoms in total. The van der Waals surface area contributed by atoms with Crippen molar-refractivity contribution in [3.8, 4) is 0 Å². The van der Waals surface area contributed by atoms with E-state index in [2.05, 4.69) is 0 Å². The van der Waals surface area contributed by atoms with Crippen molar-refractivity contribution in [3.63, 3.8) is 0 Å². The van der Waals surface area contributed by atoms with Crippen LogP contribution in [0.3, 0.4) is 0 Å². The van der Waals surface area contributed by atoms with Gasteiger partial charge in [0.1, 0.15) is 5.82 Å². The van der Waals surface area contributed by atoms with Crippen LogP contribution in [0.15, 0.2) is 12.1 Å². The van der Waals surface area contributed by atoms with E-state index in [4.69, 9.17) is 5.73 Å². The molecule has 0 bridgehead atoms. The van der Waals surface area contributed by atoms with E-state index >= 15 is 0 Å². The molecule has 2 N–H and O–H groups in total. The van der Waals surface area contributed by atoms with E-state index in [9.17, 15) is 4.39 Å². The zero-order valence-electron chi connectivity index (χ0n) is 7.65. The molecule has 0 radical (unpaired) electrons. The number of aryl methyl sites for hydroxylation is 2. The predicted octanol–water partition coefficient (Wildman–Crippen LogP) is 1.82. The minimum atomic E-state index is -0.0777. The Hall–Kier alpha value is -0.890. The maximum atomic E-state index is 13.4.